The van der Waals surface area contributed by atoms with Crippen molar-refractivity contribution in [3.05, 3.63) is 29.8 Å². The first-order chi connectivity index (χ1) is 10.3. The summed E-state index contributed by atoms with van der Waals surface area (Å²) < 4.78 is 0. The molecule has 4 nitrogen and oxygen atoms in total. The smallest absolute Gasteiger partial charge is 0.309 e. The molecule has 0 bridgehead atoms. The predicted molar refractivity (Wildman–Crippen MR) is 90.5 cm³/mol. The molecule has 1 aromatic rings. The maximum atomic E-state index is 11.2. The number of carbonyl (C=O) groups is 1. The molecule has 0 saturated carbocycles. The molecular formula is C18H28N2O2. The lowest BCUT2D eigenvalue weighted by Gasteiger charge is -2.38. The molecule has 0 aromatic heterocycles. The third-order valence-electron chi connectivity index (χ3n) is 4.57. The quantitative estimate of drug-likeness (QED) is 0.908. The highest BCUT2D eigenvalue weighted by molar-refractivity contribution is 5.74. The van der Waals surface area contributed by atoms with Gasteiger partial charge in [0.05, 0.1) is 5.41 Å². The van der Waals surface area contributed by atoms with Crippen LogP contribution in [0.5, 0.6) is 0 Å². The summed E-state index contributed by atoms with van der Waals surface area (Å²) in [6.45, 7) is 12.3. The van der Waals surface area contributed by atoms with Crippen molar-refractivity contribution in [2.75, 3.05) is 31.1 Å². The molecule has 1 aliphatic rings. The molecule has 1 saturated heterocycles. The second-order valence-electron chi connectivity index (χ2n) is 7.15. The first-order valence-electron chi connectivity index (χ1n) is 8.11. The standard InChI is InChI=1S/C18H28N2O2/c1-14(2)19-9-11-20(12-10-19)16-7-5-15(6-8-16)13-18(3,4)17(21)22/h5-8,14H,9-13H2,1-4H3,(H,21,22). The second kappa shape index (κ2) is 6.69. The molecular weight excluding hydrogens is 276 g/mol. The summed E-state index contributed by atoms with van der Waals surface area (Å²) in [7, 11) is 0. The van der Waals surface area contributed by atoms with Gasteiger partial charge < -0.3 is 10.0 Å². The number of piperazine rings is 1. The van der Waals surface area contributed by atoms with Gasteiger partial charge in [0.2, 0.25) is 0 Å². The van der Waals surface area contributed by atoms with Crippen molar-refractivity contribution in [3.8, 4) is 0 Å². The van der Waals surface area contributed by atoms with Crippen molar-refractivity contribution in [1.29, 1.82) is 0 Å². The van der Waals surface area contributed by atoms with Crippen LogP contribution >= 0.6 is 0 Å². The molecule has 22 heavy (non-hydrogen) atoms. The number of carboxylic acid groups (broad SMARTS) is 1. The van der Waals surface area contributed by atoms with E-state index in [1.165, 1.54) is 5.69 Å². The molecule has 0 spiro atoms. The van der Waals surface area contributed by atoms with Crippen molar-refractivity contribution < 1.29 is 9.90 Å². The Morgan fingerprint density at radius 2 is 1.68 bits per heavy atom. The minimum absolute atomic E-state index is 0.559. The molecule has 2 rings (SSSR count). The third kappa shape index (κ3) is 4.01. The van der Waals surface area contributed by atoms with Crippen molar-refractivity contribution in [2.24, 2.45) is 5.41 Å². The van der Waals surface area contributed by atoms with Crippen molar-refractivity contribution in [1.82, 2.24) is 4.90 Å². The van der Waals surface area contributed by atoms with E-state index in [0.717, 1.165) is 31.7 Å². The van der Waals surface area contributed by atoms with Crippen LogP contribution in [0.25, 0.3) is 0 Å². The van der Waals surface area contributed by atoms with Crippen molar-refractivity contribution in [2.45, 2.75) is 40.2 Å². The van der Waals surface area contributed by atoms with Gasteiger partial charge in [0, 0.05) is 37.9 Å². The van der Waals surface area contributed by atoms with Crippen molar-refractivity contribution >= 4 is 11.7 Å². The lowest BCUT2D eigenvalue weighted by molar-refractivity contribution is -0.146. The molecule has 1 aromatic carbocycles. The summed E-state index contributed by atoms with van der Waals surface area (Å²) in [6.07, 6.45) is 0.559. The molecule has 1 N–H and O–H groups in total. The lowest BCUT2D eigenvalue weighted by atomic mass is 9.86. The number of aliphatic carboxylic acids is 1. The van der Waals surface area contributed by atoms with Crippen LogP contribution in [-0.2, 0) is 11.2 Å². The summed E-state index contributed by atoms with van der Waals surface area (Å²) in [5.74, 6) is -0.749. The van der Waals surface area contributed by atoms with E-state index in [9.17, 15) is 9.90 Å². The van der Waals surface area contributed by atoms with Crippen LogP contribution in [0.2, 0.25) is 0 Å². The van der Waals surface area contributed by atoms with Crippen LogP contribution in [0, 0.1) is 5.41 Å². The van der Waals surface area contributed by atoms with Gasteiger partial charge >= 0.3 is 5.97 Å². The fourth-order valence-electron chi connectivity index (χ4n) is 2.91. The van der Waals surface area contributed by atoms with E-state index in [0.29, 0.717) is 12.5 Å². The van der Waals surface area contributed by atoms with Gasteiger partial charge in [0.15, 0.2) is 0 Å². The molecule has 0 aliphatic carbocycles. The number of nitrogens with zero attached hydrogens (tertiary/aromatic N) is 2. The first-order valence-corrected chi connectivity index (χ1v) is 8.11. The maximum absolute atomic E-state index is 11.2. The maximum Gasteiger partial charge on any atom is 0.309 e. The Balaban J connectivity index is 1.97. The van der Waals surface area contributed by atoms with Crippen molar-refractivity contribution in [3.63, 3.8) is 0 Å². The van der Waals surface area contributed by atoms with Crippen LogP contribution in [0.3, 0.4) is 0 Å². The number of hydrogen-bond acceptors (Lipinski definition) is 3. The highest BCUT2D eigenvalue weighted by Gasteiger charge is 2.27. The Labute approximate surface area is 133 Å². The molecule has 4 heteroatoms. The molecule has 0 unspecified atom stereocenters. The summed E-state index contributed by atoms with van der Waals surface area (Å²) in [5.41, 5.74) is 1.60. The van der Waals surface area contributed by atoms with Gasteiger partial charge in [-0.25, -0.2) is 0 Å². The van der Waals surface area contributed by atoms with E-state index in [-0.39, 0.29) is 0 Å². The molecule has 1 aliphatic heterocycles. The fourth-order valence-corrected chi connectivity index (χ4v) is 2.91. The van der Waals surface area contributed by atoms with E-state index in [1.54, 1.807) is 13.8 Å². The summed E-state index contributed by atoms with van der Waals surface area (Å²) >= 11 is 0. The highest BCUT2D eigenvalue weighted by Crippen LogP contribution is 2.24. The van der Waals surface area contributed by atoms with E-state index >= 15 is 0 Å². The monoisotopic (exact) mass is 304 g/mol. The molecule has 1 fully saturated rings. The van der Waals surface area contributed by atoms with Gasteiger partial charge in [-0.15, -0.1) is 0 Å². The molecule has 1 heterocycles. The Bertz CT molecular complexity index is 500. The predicted octanol–water partition coefficient (Wildman–Crippen LogP) is 2.87. The van der Waals surface area contributed by atoms with Gasteiger partial charge in [-0.3, -0.25) is 9.69 Å². The van der Waals surface area contributed by atoms with Crippen LogP contribution in [0.4, 0.5) is 5.69 Å². The van der Waals surface area contributed by atoms with Gasteiger partial charge in [0.1, 0.15) is 0 Å². The second-order valence-corrected chi connectivity index (χ2v) is 7.15. The normalized spacial score (nSPS) is 17.0. The van der Waals surface area contributed by atoms with Gasteiger partial charge in [0.25, 0.3) is 0 Å². The Morgan fingerprint density at radius 1 is 1.14 bits per heavy atom. The number of carboxylic acids is 1. The highest BCUT2D eigenvalue weighted by atomic mass is 16.4. The largest absolute Gasteiger partial charge is 0.481 e. The van der Waals surface area contributed by atoms with E-state index in [2.05, 4.69) is 47.9 Å². The minimum atomic E-state index is -0.749. The average Bonchev–Trinajstić information content (AvgIpc) is 2.47. The average molecular weight is 304 g/mol. The third-order valence-corrected chi connectivity index (χ3v) is 4.57. The Kier molecular flexibility index (Phi) is 5.12. The molecule has 0 atom stereocenters. The van der Waals surface area contributed by atoms with E-state index < -0.39 is 11.4 Å². The van der Waals surface area contributed by atoms with Gasteiger partial charge in [-0.2, -0.15) is 0 Å². The Morgan fingerprint density at radius 3 is 2.14 bits per heavy atom. The summed E-state index contributed by atoms with van der Waals surface area (Å²) in [4.78, 5) is 16.1. The number of benzene rings is 1. The molecule has 0 amide bonds. The zero-order valence-corrected chi connectivity index (χ0v) is 14.2. The van der Waals surface area contributed by atoms with Crippen LogP contribution < -0.4 is 4.90 Å². The van der Waals surface area contributed by atoms with Gasteiger partial charge in [-0.05, 0) is 51.8 Å². The van der Waals surface area contributed by atoms with Gasteiger partial charge in [-0.1, -0.05) is 12.1 Å². The minimum Gasteiger partial charge on any atom is -0.481 e. The van der Waals surface area contributed by atoms with E-state index in [4.69, 9.17) is 0 Å². The zero-order chi connectivity index (χ0) is 16.3. The topological polar surface area (TPSA) is 43.8 Å². The number of anilines is 1. The van der Waals surface area contributed by atoms with E-state index in [1.807, 2.05) is 0 Å². The summed E-state index contributed by atoms with van der Waals surface area (Å²) in [5, 5.41) is 9.22. The first kappa shape index (κ1) is 16.8. The van der Waals surface area contributed by atoms with Crippen LogP contribution in [0.15, 0.2) is 24.3 Å². The van der Waals surface area contributed by atoms with Crippen LogP contribution in [-0.4, -0.2) is 48.2 Å². The lowest BCUT2D eigenvalue weighted by Crippen LogP contribution is -2.48. The fraction of sp³-hybridized carbons (Fsp3) is 0.611. The summed E-state index contributed by atoms with van der Waals surface area (Å²) in [6, 6.07) is 8.99. The number of rotatable bonds is 5. The molecule has 0 radical (unpaired) electrons. The SMILES string of the molecule is CC(C)N1CCN(c2ccc(CC(C)(C)C(=O)O)cc2)CC1. The number of hydrogen-bond donors (Lipinski definition) is 1. The Hall–Kier alpha value is -1.55. The molecule has 122 valence electrons. The van der Waals surface area contributed by atoms with Crippen LogP contribution in [0.1, 0.15) is 33.3 Å². The zero-order valence-electron chi connectivity index (χ0n) is 14.2.